The maximum absolute atomic E-state index is 15.2. The lowest BCUT2D eigenvalue weighted by Gasteiger charge is -2.21. The highest BCUT2D eigenvalue weighted by Crippen LogP contribution is 2.41. The van der Waals surface area contributed by atoms with E-state index in [-0.39, 0.29) is 11.8 Å². The summed E-state index contributed by atoms with van der Waals surface area (Å²) in [5.41, 5.74) is 12.7. The van der Waals surface area contributed by atoms with Crippen LogP contribution in [0.2, 0.25) is 0 Å². The molecule has 0 bridgehead atoms. The summed E-state index contributed by atoms with van der Waals surface area (Å²) in [5.74, 6) is -0.0542. The summed E-state index contributed by atoms with van der Waals surface area (Å²) < 4.78 is 20.8. The molecule has 2 fully saturated rings. The zero-order valence-electron chi connectivity index (χ0n) is 14.5. The molecule has 1 saturated heterocycles. The maximum Gasteiger partial charge on any atom is 0.159 e. The van der Waals surface area contributed by atoms with Gasteiger partial charge >= 0.3 is 0 Å². The molecule has 1 aromatic heterocycles. The van der Waals surface area contributed by atoms with Gasteiger partial charge in [-0.2, -0.15) is 0 Å². The lowest BCUT2D eigenvalue weighted by Crippen LogP contribution is -2.24. The summed E-state index contributed by atoms with van der Waals surface area (Å²) in [6.07, 6.45) is 7.48. The van der Waals surface area contributed by atoms with Crippen molar-refractivity contribution in [2.24, 2.45) is 0 Å². The second-order valence-electron chi connectivity index (χ2n) is 7.19. The molecule has 7 heteroatoms. The van der Waals surface area contributed by atoms with Gasteiger partial charge in [0.15, 0.2) is 5.82 Å². The zero-order chi connectivity index (χ0) is 18.3. The molecule has 4 rings (SSSR count). The molecular formula is C19H23FN4O2. The standard InChI is InChI=1S/C19H23FN4O2/c20-16-12(8-13(21)17(22)15(16)14-4-3-7-26-14)11-9-23-18(24-10-11)19(25)5-1-2-6-19/h8-10,14,25H,1-7,21-22H2. The number of nitrogens with zero attached hydrogens (tertiary/aromatic N) is 2. The molecule has 2 aromatic rings. The Hall–Kier alpha value is -2.25. The summed E-state index contributed by atoms with van der Waals surface area (Å²) in [4.78, 5) is 8.60. The molecule has 1 saturated carbocycles. The first kappa shape index (κ1) is 17.2. The van der Waals surface area contributed by atoms with Crippen molar-refractivity contribution in [2.45, 2.75) is 50.2 Å². The Morgan fingerprint density at radius 1 is 1.15 bits per heavy atom. The molecule has 1 atom stereocenters. The van der Waals surface area contributed by atoms with Gasteiger partial charge in [-0.05, 0) is 44.6 Å². The Bertz CT molecular complexity index is 813. The molecule has 0 amide bonds. The van der Waals surface area contributed by atoms with Gasteiger partial charge in [0.05, 0.1) is 17.5 Å². The minimum atomic E-state index is -0.972. The number of anilines is 2. The number of hydrogen-bond donors (Lipinski definition) is 3. The number of hydrogen-bond acceptors (Lipinski definition) is 6. The van der Waals surface area contributed by atoms with Crippen molar-refractivity contribution in [2.75, 3.05) is 18.1 Å². The Morgan fingerprint density at radius 3 is 2.46 bits per heavy atom. The number of aliphatic hydroxyl groups is 1. The first-order valence-electron chi connectivity index (χ1n) is 9.04. The van der Waals surface area contributed by atoms with Crippen LogP contribution in [0.4, 0.5) is 15.8 Å². The molecular weight excluding hydrogens is 335 g/mol. The van der Waals surface area contributed by atoms with Crippen molar-refractivity contribution < 1.29 is 14.2 Å². The normalized spacial score (nSPS) is 22.0. The van der Waals surface area contributed by atoms with E-state index in [2.05, 4.69) is 9.97 Å². The Morgan fingerprint density at radius 2 is 1.85 bits per heavy atom. The fourth-order valence-corrected chi connectivity index (χ4v) is 3.94. The highest BCUT2D eigenvalue weighted by Gasteiger charge is 2.36. The van der Waals surface area contributed by atoms with E-state index >= 15 is 4.39 Å². The lowest BCUT2D eigenvalue weighted by atomic mass is 9.96. The lowest BCUT2D eigenvalue weighted by molar-refractivity contribution is 0.0351. The fraction of sp³-hybridized carbons (Fsp3) is 0.474. The first-order valence-corrected chi connectivity index (χ1v) is 9.04. The molecule has 138 valence electrons. The highest BCUT2D eigenvalue weighted by atomic mass is 19.1. The summed E-state index contributed by atoms with van der Waals surface area (Å²) in [6, 6.07) is 1.51. The molecule has 0 spiro atoms. The molecule has 1 aromatic carbocycles. The summed E-state index contributed by atoms with van der Waals surface area (Å²) in [7, 11) is 0. The van der Waals surface area contributed by atoms with Gasteiger partial charge in [-0.25, -0.2) is 14.4 Å². The highest BCUT2D eigenvalue weighted by molar-refractivity contribution is 5.78. The van der Waals surface area contributed by atoms with Crippen LogP contribution in [0.15, 0.2) is 18.5 Å². The Kier molecular flexibility index (Phi) is 4.28. The van der Waals surface area contributed by atoms with E-state index in [0.29, 0.717) is 54.1 Å². The second-order valence-corrected chi connectivity index (χ2v) is 7.19. The van der Waals surface area contributed by atoms with Crippen molar-refractivity contribution >= 4 is 11.4 Å². The fourth-order valence-electron chi connectivity index (χ4n) is 3.94. The van der Waals surface area contributed by atoms with Crippen LogP contribution in [0.3, 0.4) is 0 Å². The van der Waals surface area contributed by atoms with E-state index in [4.69, 9.17) is 16.2 Å². The van der Waals surface area contributed by atoms with E-state index in [9.17, 15) is 5.11 Å². The third-order valence-corrected chi connectivity index (χ3v) is 5.44. The van der Waals surface area contributed by atoms with Crippen LogP contribution in [-0.4, -0.2) is 21.7 Å². The van der Waals surface area contributed by atoms with Gasteiger partial charge < -0.3 is 21.3 Å². The molecule has 5 N–H and O–H groups in total. The van der Waals surface area contributed by atoms with Crippen LogP contribution < -0.4 is 11.5 Å². The molecule has 2 aliphatic rings. The molecule has 0 radical (unpaired) electrons. The Labute approximate surface area is 151 Å². The summed E-state index contributed by atoms with van der Waals surface area (Å²) in [6.45, 7) is 0.587. The van der Waals surface area contributed by atoms with Crippen LogP contribution in [0.1, 0.15) is 56.0 Å². The van der Waals surface area contributed by atoms with Crippen LogP contribution in [-0.2, 0) is 10.3 Å². The number of nitrogens with two attached hydrogens (primary N) is 2. The number of halogens is 1. The minimum absolute atomic E-state index is 0.232. The third-order valence-electron chi connectivity index (χ3n) is 5.44. The topological polar surface area (TPSA) is 107 Å². The summed E-state index contributed by atoms with van der Waals surface area (Å²) >= 11 is 0. The van der Waals surface area contributed by atoms with Crippen LogP contribution in [0.25, 0.3) is 11.1 Å². The van der Waals surface area contributed by atoms with Gasteiger partial charge in [0.25, 0.3) is 0 Å². The van der Waals surface area contributed by atoms with Gasteiger partial charge in [0, 0.05) is 35.7 Å². The van der Waals surface area contributed by atoms with Crippen LogP contribution >= 0.6 is 0 Å². The van der Waals surface area contributed by atoms with Gasteiger partial charge in [-0.15, -0.1) is 0 Å². The molecule has 2 heterocycles. The molecule has 1 unspecified atom stereocenters. The van der Waals surface area contributed by atoms with Crippen molar-refractivity contribution in [1.82, 2.24) is 9.97 Å². The third kappa shape index (κ3) is 2.81. The maximum atomic E-state index is 15.2. The van der Waals surface area contributed by atoms with Crippen molar-refractivity contribution in [3.8, 4) is 11.1 Å². The summed E-state index contributed by atoms with van der Waals surface area (Å²) in [5, 5.41) is 10.6. The van der Waals surface area contributed by atoms with Crippen molar-refractivity contribution in [1.29, 1.82) is 0 Å². The average molecular weight is 358 g/mol. The van der Waals surface area contributed by atoms with Gasteiger partial charge in [-0.3, -0.25) is 0 Å². The second kappa shape index (κ2) is 6.48. The smallest absolute Gasteiger partial charge is 0.159 e. The van der Waals surface area contributed by atoms with E-state index in [1.54, 1.807) is 0 Å². The number of aromatic nitrogens is 2. The SMILES string of the molecule is Nc1cc(-c2cnc(C3(O)CCCC3)nc2)c(F)c(C2CCCO2)c1N. The predicted molar refractivity (Wildman–Crippen MR) is 96.5 cm³/mol. The van der Waals surface area contributed by atoms with Gasteiger partial charge in [-0.1, -0.05) is 0 Å². The van der Waals surface area contributed by atoms with Gasteiger partial charge in [0.1, 0.15) is 11.4 Å². The van der Waals surface area contributed by atoms with Gasteiger partial charge in [0.2, 0.25) is 0 Å². The number of rotatable bonds is 3. The molecule has 1 aliphatic heterocycles. The van der Waals surface area contributed by atoms with Crippen molar-refractivity contribution in [3.05, 3.63) is 35.7 Å². The molecule has 1 aliphatic carbocycles. The monoisotopic (exact) mass is 358 g/mol. The van der Waals surface area contributed by atoms with E-state index in [1.807, 2.05) is 0 Å². The Balaban J connectivity index is 1.73. The van der Waals surface area contributed by atoms with Crippen LogP contribution in [0.5, 0.6) is 0 Å². The van der Waals surface area contributed by atoms with Crippen LogP contribution in [0, 0.1) is 5.82 Å². The largest absolute Gasteiger partial charge is 0.397 e. The molecule has 6 nitrogen and oxygen atoms in total. The quantitative estimate of drug-likeness (QED) is 0.728. The van der Waals surface area contributed by atoms with E-state index in [0.717, 1.165) is 19.3 Å². The minimum Gasteiger partial charge on any atom is -0.397 e. The number of benzene rings is 1. The molecule has 26 heavy (non-hydrogen) atoms. The van der Waals surface area contributed by atoms with E-state index < -0.39 is 11.4 Å². The number of ether oxygens (including phenoxy) is 1. The predicted octanol–water partition coefficient (Wildman–Crippen LogP) is 3.06. The first-order chi connectivity index (χ1) is 12.5. The van der Waals surface area contributed by atoms with E-state index in [1.165, 1.54) is 18.5 Å². The zero-order valence-corrected chi connectivity index (χ0v) is 14.5. The van der Waals surface area contributed by atoms with Crippen molar-refractivity contribution in [3.63, 3.8) is 0 Å². The number of nitrogen functional groups attached to an aromatic ring is 2. The average Bonchev–Trinajstić information content (AvgIpc) is 3.31.